The maximum Gasteiger partial charge on any atom is 0.271 e. The van der Waals surface area contributed by atoms with Gasteiger partial charge in [0.2, 0.25) is 0 Å². The molecule has 0 fully saturated rings. The van der Waals surface area contributed by atoms with Gasteiger partial charge in [0.1, 0.15) is 11.6 Å². The molecular formula is C18H14FNO4S. The monoisotopic (exact) mass is 359 g/mol. The molecule has 1 N–H and O–H groups in total. The third-order valence-corrected chi connectivity index (χ3v) is 4.82. The molecule has 1 amide bonds. The van der Waals surface area contributed by atoms with E-state index in [1.807, 2.05) is 35.1 Å². The van der Waals surface area contributed by atoms with Gasteiger partial charge in [-0.25, -0.2) is 17.5 Å². The van der Waals surface area contributed by atoms with Gasteiger partial charge in [-0.05, 0) is 41.1 Å². The number of hydrogen-bond acceptors (Lipinski definition) is 4. The SMILES string of the molecule is O=C(COc1ccc2ccccc2c1)NS(=O)(=O)c1cccc(F)c1. The van der Waals surface area contributed by atoms with E-state index in [4.69, 9.17) is 4.74 Å². The molecule has 0 aliphatic carbocycles. The Morgan fingerprint density at radius 3 is 2.48 bits per heavy atom. The molecule has 3 aromatic carbocycles. The van der Waals surface area contributed by atoms with Crippen molar-refractivity contribution >= 4 is 26.7 Å². The van der Waals surface area contributed by atoms with Gasteiger partial charge in [0.05, 0.1) is 4.90 Å². The molecule has 0 spiro atoms. The van der Waals surface area contributed by atoms with Crippen LogP contribution in [-0.2, 0) is 14.8 Å². The average Bonchev–Trinajstić information content (AvgIpc) is 2.59. The van der Waals surface area contributed by atoms with E-state index in [2.05, 4.69) is 0 Å². The zero-order chi connectivity index (χ0) is 17.9. The number of ether oxygens (including phenoxy) is 1. The Balaban J connectivity index is 1.65. The second-order valence-electron chi connectivity index (χ2n) is 5.28. The van der Waals surface area contributed by atoms with Crippen LogP contribution in [0.1, 0.15) is 0 Å². The first kappa shape index (κ1) is 16.9. The van der Waals surface area contributed by atoms with Gasteiger partial charge in [0, 0.05) is 0 Å². The number of carbonyl (C=O) groups is 1. The van der Waals surface area contributed by atoms with E-state index in [0.717, 1.165) is 22.9 Å². The van der Waals surface area contributed by atoms with E-state index in [1.165, 1.54) is 12.1 Å². The summed E-state index contributed by atoms with van der Waals surface area (Å²) in [6, 6.07) is 17.3. The summed E-state index contributed by atoms with van der Waals surface area (Å²) >= 11 is 0. The molecule has 0 heterocycles. The van der Waals surface area contributed by atoms with Crippen LogP contribution in [0, 0.1) is 5.82 Å². The number of halogens is 1. The van der Waals surface area contributed by atoms with Crippen LogP contribution < -0.4 is 9.46 Å². The molecule has 0 saturated heterocycles. The highest BCUT2D eigenvalue weighted by atomic mass is 32.2. The summed E-state index contributed by atoms with van der Waals surface area (Å²) in [6.45, 7) is -0.479. The van der Waals surface area contributed by atoms with E-state index >= 15 is 0 Å². The predicted octanol–water partition coefficient (Wildman–Crippen LogP) is 2.86. The number of nitrogens with one attached hydrogen (secondary N) is 1. The van der Waals surface area contributed by atoms with E-state index in [-0.39, 0.29) is 4.90 Å². The Morgan fingerprint density at radius 1 is 0.960 bits per heavy atom. The minimum atomic E-state index is -4.14. The first-order valence-electron chi connectivity index (χ1n) is 7.37. The van der Waals surface area contributed by atoms with Crippen molar-refractivity contribution < 1.29 is 22.3 Å². The summed E-state index contributed by atoms with van der Waals surface area (Å²) in [5.74, 6) is -1.11. The van der Waals surface area contributed by atoms with Gasteiger partial charge < -0.3 is 4.74 Å². The summed E-state index contributed by atoms with van der Waals surface area (Å²) in [7, 11) is -4.14. The smallest absolute Gasteiger partial charge is 0.271 e. The van der Waals surface area contributed by atoms with Gasteiger partial charge in [0.25, 0.3) is 15.9 Å². The van der Waals surface area contributed by atoms with E-state index in [0.29, 0.717) is 5.75 Å². The van der Waals surface area contributed by atoms with Gasteiger partial charge in [-0.2, -0.15) is 0 Å². The third kappa shape index (κ3) is 4.13. The van der Waals surface area contributed by atoms with Crippen LogP contribution in [-0.4, -0.2) is 20.9 Å². The van der Waals surface area contributed by atoms with Crippen molar-refractivity contribution in [3.63, 3.8) is 0 Å². The third-order valence-electron chi connectivity index (χ3n) is 3.45. The van der Waals surface area contributed by atoms with E-state index < -0.39 is 28.4 Å². The number of rotatable bonds is 5. The molecule has 0 unspecified atom stereocenters. The number of fused-ring (bicyclic) bond motifs is 1. The standard InChI is InChI=1S/C18H14FNO4S/c19-15-6-3-7-17(11-15)25(22,23)20-18(21)12-24-16-9-8-13-4-1-2-5-14(13)10-16/h1-11H,12H2,(H,20,21). The molecule has 0 saturated carbocycles. The largest absolute Gasteiger partial charge is 0.484 e. The molecule has 7 heteroatoms. The van der Waals surface area contributed by atoms with Crippen LogP contribution in [0.5, 0.6) is 5.75 Å². The van der Waals surface area contributed by atoms with E-state index in [9.17, 15) is 17.6 Å². The number of amides is 1. The van der Waals surface area contributed by atoms with E-state index in [1.54, 1.807) is 12.1 Å². The van der Waals surface area contributed by atoms with Gasteiger partial charge >= 0.3 is 0 Å². The molecule has 0 aliphatic rings. The molecule has 0 aromatic heterocycles. The number of hydrogen-bond donors (Lipinski definition) is 1. The van der Waals surface area contributed by atoms with Gasteiger partial charge in [-0.15, -0.1) is 0 Å². The Kier molecular flexibility index (Phi) is 4.67. The molecule has 0 aliphatic heterocycles. The zero-order valence-corrected chi connectivity index (χ0v) is 13.8. The van der Waals surface area contributed by atoms with Crippen molar-refractivity contribution in [1.82, 2.24) is 4.72 Å². The van der Waals surface area contributed by atoms with Crippen LogP contribution in [0.4, 0.5) is 4.39 Å². The molecule has 0 atom stereocenters. The predicted molar refractivity (Wildman–Crippen MR) is 91.2 cm³/mol. The first-order valence-corrected chi connectivity index (χ1v) is 8.85. The van der Waals surface area contributed by atoms with Crippen LogP contribution in [0.15, 0.2) is 71.6 Å². The van der Waals surface area contributed by atoms with Crippen LogP contribution in [0.2, 0.25) is 0 Å². The molecule has 25 heavy (non-hydrogen) atoms. The molecule has 128 valence electrons. The minimum Gasteiger partial charge on any atom is -0.484 e. The molecule has 0 radical (unpaired) electrons. The Labute approximate surface area is 144 Å². The molecule has 3 aromatic rings. The van der Waals surface area contributed by atoms with Crippen molar-refractivity contribution in [2.45, 2.75) is 4.90 Å². The lowest BCUT2D eigenvalue weighted by Gasteiger charge is -2.09. The summed E-state index contributed by atoms with van der Waals surface area (Å²) < 4.78 is 44.4. The minimum absolute atomic E-state index is 0.327. The lowest BCUT2D eigenvalue weighted by molar-refractivity contribution is -0.121. The normalized spacial score (nSPS) is 11.2. The van der Waals surface area contributed by atoms with Gasteiger partial charge in [0.15, 0.2) is 6.61 Å². The topological polar surface area (TPSA) is 72.5 Å². The van der Waals surface area contributed by atoms with Gasteiger partial charge in [-0.1, -0.05) is 36.4 Å². The zero-order valence-electron chi connectivity index (χ0n) is 13.0. The van der Waals surface area contributed by atoms with Gasteiger partial charge in [-0.3, -0.25) is 4.79 Å². The fourth-order valence-electron chi connectivity index (χ4n) is 2.28. The van der Waals surface area contributed by atoms with Crippen molar-refractivity contribution in [2.75, 3.05) is 6.61 Å². The van der Waals surface area contributed by atoms with Crippen molar-refractivity contribution in [1.29, 1.82) is 0 Å². The number of sulfonamides is 1. The first-order chi connectivity index (χ1) is 11.9. The van der Waals surface area contributed by atoms with Crippen LogP contribution in [0.25, 0.3) is 10.8 Å². The Morgan fingerprint density at radius 2 is 1.72 bits per heavy atom. The maximum atomic E-state index is 13.1. The quantitative estimate of drug-likeness (QED) is 0.760. The second kappa shape index (κ2) is 6.90. The summed E-state index contributed by atoms with van der Waals surface area (Å²) in [5.41, 5.74) is 0. The molecular weight excluding hydrogens is 345 g/mol. The summed E-state index contributed by atoms with van der Waals surface area (Å²) in [4.78, 5) is 11.5. The highest BCUT2D eigenvalue weighted by molar-refractivity contribution is 7.90. The highest BCUT2D eigenvalue weighted by Crippen LogP contribution is 2.20. The lowest BCUT2D eigenvalue weighted by atomic mass is 10.1. The summed E-state index contributed by atoms with van der Waals surface area (Å²) in [6.07, 6.45) is 0. The van der Waals surface area contributed by atoms with Crippen molar-refractivity contribution in [2.24, 2.45) is 0 Å². The fourth-order valence-corrected chi connectivity index (χ4v) is 3.28. The highest BCUT2D eigenvalue weighted by Gasteiger charge is 2.18. The Hall–Kier alpha value is -2.93. The Bertz CT molecular complexity index is 1030. The van der Waals surface area contributed by atoms with Crippen molar-refractivity contribution in [3.05, 3.63) is 72.5 Å². The summed E-state index contributed by atoms with van der Waals surface area (Å²) in [5, 5.41) is 1.96. The molecule has 3 rings (SSSR count). The average molecular weight is 359 g/mol. The number of benzene rings is 3. The second-order valence-corrected chi connectivity index (χ2v) is 6.97. The molecule has 0 bridgehead atoms. The van der Waals surface area contributed by atoms with Crippen molar-refractivity contribution in [3.8, 4) is 5.75 Å². The molecule has 5 nitrogen and oxygen atoms in total. The fraction of sp³-hybridized carbons (Fsp3) is 0.0556. The lowest BCUT2D eigenvalue weighted by Crippen LogP contribution is -2.34. The maximum absolute atomic E-state index is 13.1. The van der Waals surface area contributed by atoms with Crippen LogP contribution >= 0.6 is 0 Å². The number of carbonyl (C=O) groups excluding carboxylic acids is 1. The van der Waals surface area contributed by atoms with Crippen LogP contribution in [0.3, 0.4) is 0 Å².